The second-order valence-electron chi connectivity index (χ2n) is 7.88. The lowest BCUT2D eigenvalue weighted by Crippen LogP contribution is -2.24. The van der Waals surface area contributed by atoms with Crippen LogP contribution in [0.5, 0.6) is 0 Å². The number of aromatic nitrogens is 3. The minimum atomic E-state index is 0.534. The van der Waals surface area contributed by atoms with Crippen LogP contribution < -0.4 is 4.90 Å². The van der Waals surface area contributed by atoms with E-state index in [1.165, 1.54) is 42.5 Å². The topological polar surface area (TPSA) is 46.4 Å². The Balaban J connectivity index is 1.20. The van der Waals surface area contributed by atoms with Crippen molar-refractivity contribution >= 4 is 16.6 Å². The Morgan fingerprint density at radius 1 is 1.03 bits per heavy atom. The summed E-state index contributed by atoms with van der Waals surface area (Å²) in [7, 11) is 0. The maximum atomic E-state index is 5.89. The van der Waals surface area contributed by atoms with Gasteiger partial charge in [-0.1, -0.05) is 6.07 Å². The number of nitrogens with zero attached hydrogens (tertiary/aromatic N) is 5. The fourth-order valence-corrected chi connectivity index (χ4v) is 4.10. The van der Waals surface area contributed by atoms with Crippen LogP contribution in [0.15, 0.2) is 73.0 Å². The standard InChI is InChI=1S/C24H27N5O/c1-2-11-27(10-1)14-15-29-24-6-5-22(16-21(24)18-26-29)28-12-7-23(8-13-28)30-19-20-4-3-9-25-17-20/h3-9,12,16-18H,1-2,10-11,13-15,19H2. The van der Waals surface area contributed by atoms with Gasteiger partial charge in [0.15, 0.2) is 0 Å². The molecule has 0 bridgehead atoms. The minimum Gasteiger partial charge on any atom is -0.489 e. The molecule has 0 radical (unpaired) electrons. The number of allylic oxidation sites excluding steroid dienone is 1. The van der Waals surface area contributed by atoms with Crippen molar-refractivity contribution in [2.45, 2.75) is 26.0 Å². The number of likely N-dealkylation sites (tertiary alicyclic amines) is 1. The first kappa shape index (κ1) is 18.9. The van der Waals surface area contributed by atoms with Gasteiger partial charge in [-0.3, -0.25) is 9.67 Å². The molecule has 30 heavy (non-hydrogen) atoms. The van der Waals surface area contributed by atoms with E-state index in [9.17, 15) is 0 Å². The normalized spacial score (nSPS) is 16.9. The lowest BCUT2D eigenvalue weighted by Gasteiger charge is -2.23. The predicted octanol–water partition coefficient (Wildman–Crippen LogP) is 3.96. The van der Waals surface area contributed by atoms with E-state index in [-0.39, 0.29) is 0 Å². The van der Waals surface area contributed by atoms with E-state index in [2.05, 4.69) is 55.0 Å². The Bertz CT molecular complexity index is 1050. The van der Waals surface area contributed by atoms with Gasteiger partial charge >= 0.3 is 0 Å². The molecule has 5 rings (SSSR count). The molecule has 0 aliphatic carbocycles. The van der Waals surface area contributed by atoms with Crippen molar-refractivity contribution < 1.29 is 4.74 Å². The van der Waals surface area contributed by atoms with Gasteiger partial charge in [0.1, 0.15) is 12.4 Å². The van der Waals surface area contributed by atoms with Crippen molar-refractivity contribution in [2.24, 2.45) is 0 Å². The van der Waals surface area contributed by atoms with Gasteiger partial charge in [-0.25, -0.2) is 0 Å². The van der Waals surface area contributed by atoms with Crippen molar-refractivity contribution in [1.82, 2.24) is 19.7 Å². The summed E-state index contributed by atoms with van der Waals surface area (Å²) in [5.41, 5.74) is 3.44. The lowest BCUT2D eigenvalue weighted by molar-refractivity contribution is 0.209. The molecule has 154 valence electrons. The Hall–Kier alpha value is -3.12. The Kier molecular flexibility index (Phi) is 5.48. The third-order valence-corrected chi connectivity index (χ3v) is 5.82. The van der Waals surface area contributed by atoms with Gasteiger partial charge in [-0.05, 0) is 62.3 Å². The van der Waals surface area contributed by atoms with Gasteiger partial charge in [0.05, 0.1) is 18.3 Å². The molecule has 1 saturated heterocycles. The first-order valence-corrected chi connectivity index (χ1v) is 10.7. The van der Waals surface area contributed by atoms with Crippen LogP contribution in [-0.2, 0) is 17.9 Å². The quantitative estimate of drug-likeness (QED) is 0.600. The number of ether oxygens (including phenoxy) is 1. The van der Waals surface area contributed by atoms with Gasteiger partial charge in [-0.15, -0.1) is 0 Å². The van der Waals surface area contributed by atoms with Crippen LogP contribution in [0.25, 0.3) is 10.9 Å². The van der Waals surface area contributed by atoms with Crippen LogP contribution in [0.1, 0.15) is 18.4 Å². The van der Waals surface area contributed by atoms with Crippen molar-refractivity contribution in [3.05, 3.63) is 78.6 Å². The molecule has 0 saturated carbocycles. The van der Waals surface area contributed by atoms with E-state index in [1.54, 1.807) is 6.20 Å². The zero-order valence-electron chi connectivity index (χ0n) is 17.2. The van der Waals surface area contributed by atoms with E-state index >= 15 is 0 Å². The van der Waals surface area contributed by atoms with Gasteiger partial charge in [0, 0.05) is 48.3 Å². The van der Waals surface area contributed by atoms with Crippen molar-refractivity contribution in [2.75, 3.05) is 31.1 Å². The molecule has 4 heterocycles. The zero-order valence-corrected chi connectivity index (χ0v) is 17.2. The SMILES string of the molecule is C1=CN(c2ccc3c(cnn3CCN3CCCC3)c2)CC=C1OCc1cccnc1. The minimum absolute atomic E-state index is 0.534. The van der Waals surface area contributed by atoms with Gasteiger partial charge < -0.3 is 14.5 Å². The fourth-order valence-electron chi connectivity index (χ4n) is 4.10. The van der Waals surface area contributed by atoms with E-state index in [1.807, 2.05) is 30.6 Å². The third kappa shape index (κ3) is 4.24. The average Bonchev–Trinajstić information content (AvgIpc) is 3.47. The van der Waals surface area contributed by atoms with Crippen molar-refractivity contribution in [1.29, 1.82) is 0 Å². The van der Waals surface area contributed by atoms with E-state index in [4.69, 9.17) is 4.74 Å². The second-order valence-corrected chi connectivity index (χ2v) is 7.88. The maximum Gasteiger partial charge on any atom is 0.119 e. The fraction of sp³-hybridized carbons (Fsp3) is 0.333. The first-order chi connectivity index (χ1) is 14.8. The Labute approximate surface area is 177 Å². The molecule has 1 aromatic carbocycles. The van der Waals surface area contributed by atoms with Gasteiger partial charge in [0.25, 0.3) is 0 Å². The highest BCUT2D eigenvalue weighted by molar-refractivity contribution is 5.83. The Morgan fingerprint density at radius 3 is 2.77 bits per heavy atom. The number of hydrogen-bond donors (Lipinski definition) is 0. The summed E-state index contributed by atoms with van der Waals surface area (Å²) < 4.78 is 8.02. The summed E-state index contributed by atoms with van der Waals surface area (Å²) in [5.74, 6) is 0.894. The van der Waals surface area contributed by atoms with Crippen LogP contribution in [0.4, 0.5) is 5.69 Å². The molecule has 0 unspecified atom stereocenters. The third-order valence-electron chi connectivity index (χ3n) is 5.82. The molecule has 6 nitrogen and oxygen atoms in total. The zero-order chi connectivity index (χ0) is 20.2. The Morgan fingerprint density at radius 2 is 1.97 bits per heavy atom. The molecule has 0 amide bonds. The summed E-state index contributed by atoms with van der Waals surface area (Å²) in [6.45, 7) is 5.81. The maximum absolute atomic E-state index is 5.89. The lowest BCUT2D eigenvalue weighted by atomic mass is 10.2. The van der Waals surface area contributed by atoms with Gasteiger partial charge in [0.2, 0.25) is 0 Å². The largest absolute Gasteiger partial charge is 0.489 e. The molecule has 2 aliphatic heterocycles. The molecule has 0 spiro atoms. The molecule has 1 fully saturated rings. The van der Waals surface area contributed by atoms with Crippen LogP contribution in [0.2, 0.25) is 0 Å². The van der Waals surface area contributed by atoms with Gasteiger partial charge in [-0.2, -0.15) is 5.10 Å². The highest BCUT2D eigenvalue weighted by Crippen LogP contribution is 2.25. The molecule has 0 atom stereocenters. The first-order valence-electron chi connectivity index (χ1n) is 10.7. The van der Waals surface area contributed by atoms with Crippen LogP contribution in [0, 0.1) is 0 Å². The number of pyridine rings is 1. The number of benzene rings is 1. The summed E-state index contributed by atoms with van der Waals surface area (Å²) in [4.78, 5) is 8.87. The monoisotopic (exact) mass is 401 g/mol. The van der Waals surface area contributed by atoms with E-state index in [0.29, 0.717) is 6.61 Å². The van der Waals surface area contributed by atoms with E-state index < -0.39 is 0 Å². The van der Waals surface area contributed by atoms with Crippen LogP contribution in [-0.4, -0.2) is 45.8 Å². The molecule has 6 heteroatoms. The van der Waals surface area contributed by atoms with E-state index in [0.717, 1.165) is 31.0 Å². The van der Waals surface area contributed by atoms with Crippen LogP contribution in [0.3, 0.4) is 0 Å². The summed E-state index contributed by atoms with van der Waals surface area (Å²) in [6, 6.07) is 10.5. The molecule has 3 aromatic rings. The van der Waals surface area contributed by atoms with Crippen molar-refractivity contribution in [3.63, 3.8) is 0 Å². The number of fused-ring (bicyclic) bond motifs is 1. The highest BCUT2D eigenvalue weighted by atomic mass is 16.5. The molecule has 2 aliphatic rings. The number of rotatable bonds is 7. The average molecular weight is 402 g/mol. The molecule has 0 N–H and O–H groups in total. The summed E-state index contributed by atoms with van der Waals surface area (Å²) in [5, 5.41) is 5.81. The summed E-state index contributed by atoms with van der Waals surface area (Å²) >= 11 is 0. The predicted molar refractivity (Wildman–Crippen MR) is 119 cm³/mol. The second kappa shape index (κ2) is 8.71. The van der Waals surface area contributed by atoms with Crippen molar-refractivity contribution in [3.8, 4) is 0 Å². The highest BCUT2D eigenvalue weighted by Gasteiger charge is 2.13. The number of hydrogen-bond acceptors (Lipinski definition) is 5. The molecular formula is C24H27N5O. The number of anilines is 1. The molecule has 2 aromatic heterocycles. The van der Waals surface area contributed by atoms with Crippen LogP contribution >= 0.6 is 0 Å². The summed E-state index contributed by atoms with van der Waals surface area (Å²) in [6.07, 6.45) is 14.5. The molecular weight excluding hydrogens is 374 g/mol. The smallest absolute Gasteiger partial charge is 0.119 e.